The Kier molecular flexibility index (Phi) is 18.3. The van der Waals surface area contributed by atoms with Crippen LogP contribution in [-0.2, 0) is 28.5 Å². The summed E-state index contributed by atoms with van der Waals surface area (Å²) in [5.41, 5.74) is 0. The van der Waals surface area contributed by atoms with Gasteiger partial charge in [0.2, 0.25) is 0 Å². The molecule has 0 unspecified atom stereocenters. The van der Waals surface area contributed by atoms with Crippen LogP contribution in [0.1, 0.15) is 71.6 Å². The van der Waals surface area contributed by atoms with Gasteiger partial charge in [-0.1, -0.05) is 52.4 Å². The number of carbonyl (C=O) groups is 2. The first kappa shape index (κ1) is 23.9. The topological polar surface area (TPSA) is 71.1 Å². The lowest BCUT2D eigenvalue weighted by Crippen LogP contribution is -2.18. The molecule has 0 heterocycles. The second kappa shape index (κ2) is 19.2. The smallest absolute Gasteiger partial charge is 0.317 e. The van der Waals surface area contributed by atoms with Crippen molar-refractivity contribution in [3.8, 4) is 0 Å². The van der Waals surface area contributed by atoms with Crippen molar-refractivity contribution in [1.82, 2.24) is 0 Å². The van der Waals surface area contributed by atoms with E-state index < -0.39 is 11.9 Å². The zero-order chi connectivity index (χ0) is 18.6. The third-order valence-corrected chi connectivity index (χ3v) is 3.55. The van der Waals surface area contributed by atoms with Gasteiger partial charge in [-0.2, -0.15) is 0 Å². The molecule has 0 atom stereocenters. The monoisotopic (exact) mass is 360 g/mol. The predicted octanol–water partition coefficient (Wildman–Crippen LogP) is 3.66. The molecule has 6 heteroatoms. The number of carbonyl (C=O) groups excluding carboxylic acids is 2. The molecule has 0 saturated carbocycles. The molecule has 0 spiro atoms. The van der Waals surface area contributed by atoms with Crippen molar-refractivity contribution >= 4 is 11.9 Å². The molecule has 0 aliphatic heterocycles. The lowest BCUT2D eigenvalue weighted by Gasteiger charge is -2.07. The third kappa shape index (κ3) is 19.0. The van der Waals surface area contributed by atoms with Crippen LogP contribution in [0.3, 0.4) is 0 Å². The van der Waals surface area contributed by atoms with E-state index in [4.69, 9.17) is 18.9 Å². The fraction of sp³-hybridized carbons (Fsp3) is 0.895. The Morgan fingerprint density at radius 2 is 1.00 bits per heavy atom. The Labute approximate surface area is 152 Å². The van der Waals surface area contributed by atoms with E-state index in [9.17, 15) is 9.59 Å². The number of unbranched alkanes of at least 4 members (excludes halogenated alkanes) is 6. The van der Waals surface area contributed by atoms with Crippen molar-refractivity contribution in [3.63, 3.8) is 0 Å². The van der Waals surface area contributed by atoms with Gasteiger partial charge < -0.3 is 18.9 Å². The van der Waals surface area contributed by atoms with Gasteiger partial charge in [-0.05, 0) is 12.8 Å². The second-order valence-electron chi connectivity index (χ2n) is 5.96. The molecule has 0 aromatic heterocycles. The summed E-state index contributed by atoms with van der Waals surface area (Å²) >= 11 is 0. The number of rotatable bonds is 18. The molecular formula is C19H36O6. The molecule has 0 aromatic carbocycles. The molecule has 0 bridgehead atoms. The Bertz CT molecular complexity index is 289. The molecule has 0 aliphatic carbocycles. The molecule has 0 fully saturated rings. The quantitative estimate of drug-likeness (QED) is 0.211. The normalized spacial score (nSPS) is 10.6. The molecule has 0 aliphatic rings. The van der Waals surface area contributed by atoms with Gasteiger partial charge in [0.15, 0.2) is 0 Å². The minimum atomic E-state index is -0.583. The molecule has 0 rings (SSSR count). The maximum absolute atomic E-state index is 11.5. The van der Waals surface area contributed by atoms with Gasteiger partial charge in [-0.3, -0.25) is 9.59 Å². The van der Waals surface area contributed by atoms with Crippen LogP contribution in [0, 0.1) is 0 Å². The first-order chi connectivity index (χ1) is 12.2. The zero-order valence-electron chi connectivity index (χ0n) is 16.1. The Morgan fingerprint density at radius 3 is 1.40 bits per heavy atom. The number of esters is 2. The summed E-state index contributed by atoms with van der Waals surface area (Å²) in [5, 5.41) is 0. The summed E-state index contributed by atoms with van der Waals surface area (Å²) in [4.78, 5) is 22.9. The summed E-state index contributed by atoms with van der Waals surface area (Å²) in [7, 11) is 0. The minimum Gasteiger partial charge on any atom is -0.463 e. The molecule has 6 nitrogen and oxygen atoms in total. The maximum atomic E-state index is 11.5. The van der Waals surface area contributed by atoms with E-state index >= 15 is 0 Å². The lowest BCUT2D eigenvalue weighted by atomic mass is 10.2. The van der Waals surface area contributed by atoms with Crippen molar-refractivity contribution in [3.05, 3.63) is 0 Å². The van der Waals surface area contributed by atoms with E-state index in [1.54, 1.807) is 0 Å². The van der Waals surface area contributed by atoms with Gasteiger partial charge in [0.05, 0.1) is 13.2 Å². The fourth-order valence-electron chi connectivity index (χ4n) is 2.11. The van der Waals surface area contributed by atoms with E-state index in [-0.39, 0.29) is 19.6 Å². The van der Waals surface area contributed by atoms with Crippen LogP contribution in [0.25, 0.3) is 0 Å². The van der Waals surface area contributed by atoms with Crippen LogP contribution in [0.2, 0.25) is 0 Å². The van der Waals surface area contributed by atoms with Gasteiger partial charge in [-0.25, -0.2) is 0 Å². The Hall–Kier alpha value is -1.14. The van der Waals surface area contributed by atoms with Crippen LogP contribution in [0.15, 0.2) is 0 Å². The third-order valence-electron chi connectivity index (χ3n) is 3.55. The largest absolute Gasteiger partial charge is 0.463 e. The summed E-state index contributed by atoms with van der Waals surface area (Å²) in [6.07, 6.45) is 8.80. The Morgan fingerprint density at radius 1 is 0.560 bits per heavy atom. The highest BCUT2D eigenvalue weighted by atomic mass is 16.6. The summed E-state index contributed by atoms with van der Waals surface area (Å²) in [6.45, 7) is 6.73. The summed E-state index contributed by atoms with van der Waals surface area (Å²) in [5.74, 6) is -1.17. The van der Waals surface area contributed by atoms with Crippen LogP contribution in [0.4, 0.5) is 0 Å². The average Bonchev–Trinajstić information content (AvgIpc) is 2.59. The van der Waals surface area contributed by atoms with E-state index in [0.717, 1.165) is 25.7 Å². The minimum absolute atomic E-state index is 0.167. The van der Waals surface area contributed by atoms with Crippen molar-refractivity contribution in [2.24, 2.45) is 0 Å². The standard InChI is InChI=1S/C19H36O6/c1-3-5-7-9-11-22-13-15-24-18(20)17-19(21)25-16-14-23-12-10-8-6-4-2/h3-17H2,1-2H3. The maximum Gasteiger partial charge on any atom is 0.317 e. The van der Waals surface area contributed by atoms with Gasteiger partial charge in [0, 0.05) is 13.2 Å². The van der Waals surface area contributed by atoms with Crippen LogP contribution >= 0.6 is 0 Å². The highest BCUT2D eigenvalue weighted by molar-refractivity contribution is 5.91. The van der Waals surface area contributed by atoms with E-state index in [1.807, 2.05) is 0 Å². The van der Waals surface area contributed by atoms with Crippen molar-refractivity contribution in [1.29, 1.82) is 0 Å². The van der Waals surface area contributed by atoms with Gasteiger partial charge >= 0.3 is 11.9 Å². The zero-order valence-corrected chi connectivity index (χ0v) is 16.1. The van der Waals surface area contributed by atoms with Crippen LogP contribution in [0.5, 0.6) is 0 Å². The van der Waals surface area contributed by atoms with Crippen molar-refractivity contribution in [2.75, 3.05) is 39.6 Å². The summed E-state index contributed by atoms with van der Waals surface area (Å²) in [6, 6.07) is 0. The number of ether oxygens (including phenoxy) is 4. The van der Waals surface area contributed by atoms with E-state index in [2.05, 4.69) is 13.8 Å². The fourth-order valence-corrected chi connectivity index (χ4v) is 2.11. The highest BCUT2D eigenvalue weighted by Crippen LogP contribution is 2.00. The van der Waals surface area contributed by atoms with Gasteiger partial charge in [-0.15, -0.1) is 0 Å². The summed E-state index contributed by atoms with van der Waals surface area (Å²) < 4.78 is 20.6. The number of hydrogen-bond acceptors (Lipinski definition) is 6. The number of hydrogen-bond donors (Lipinski definition) is 0. The van der Waals surface area contributed by atoms with E-state index in [1.165, 1.54) is 25.7 Å². The predicted molar refractivity (Wildman–Crippen MR) is 96.5 cm³/mol. The van der Waals surface area contributed by atoms with Crippen LogP contribution < -0.4 is 0 Å². The molecule has 25 heavy (non-hydrogen) atoms. The lowest BCUT2D eigenvalue weighted by molar-refractivity contribution is -0.156. The molecule has 0 amide bonds. The van der Waals surface area contributed by atoms with Gasteiger partial charge in [0.1, 0.15) is 19.6 Å². The molecule has 148 valence electrons. The van der Waals surface area contributed by atoms with Crippen LogP contribution in [-0.4, -0.2) is 51.6 Å². The van der Waals surface area contributed by atoms with Crippen molar-refractivity contribution in [2.45, 2.75) is 71.6 Å². The Balaban J connectivity index is 3.34. The molecule has 0 N–H and O–H groups in total. The van der Waals surface area contributed by atoms with Crippen molar-refractivity contribution < 1.29 is 28.5 Å². The van der Waals surface area contributed by atoms with Gasteiger partial charge in [0.25, 0.3) is 0 Å². The first-order valence-corrected chi connectivity index (χ1v) is 9.67. The second-order valence-corrected chi connectivity index (χ2v) is 5.96. The SMILES string of the molecule is CCCCCCOCCOC(=O)CC(=O)OCCOCCCCCC. The average molecular weight is 360 g/mol. The molecule has 0 aromatic rings. The van der Waals surface area contributed by atoms with E-state index in [0.29, 0.717) is 26.4 Å². The highest BCUT2D eigenvalue weighted by Gasteiger charge is 2.11. The first-order valence-electron chi connectivity index (χ1n) is 9.67. The molecule has 0 saturated heterocycles. The molecule has 0 radical (unpaired) electrons. The molecular weight excluding hydrogens is 324 g/mol.